The van der Waals surface area contributed by atoms with Crippen molar-refractivity contribution >= 4 is 5.91 Å². The summed E-state index contributed by atoms with van der Waals surface area (Å²) in [6.45, 7) is 6.48. The predicted octanol–water partition coefficient (Wildman–Crippen LogP) is 3.40. The van der Waals surface area contributed by atoms with Crippen LogP contribution in [0.5, 0.6) is 0 Å². The van der Waals surface area contributed by atoms with Crippen LogP contribution < -0.4 is 5.32 Å². The van der Waals surface area contributed by atoms with Gasteiger partial charge in [0, 0.05) is 18.9 Å². The lowest BCUT2D eigenvalue weighted by Crippen LogP contribution is -2.37. The Morgan fingerprint density at radius 3 is 2.39 bits per heavy atom. The van der Waals surface area contributed by atoms with E-state index >= 15 is 0 Å². The minimum atomic E-state index is 0.189. The molecule has 0 aromatic heterocycles. The smallest absolute Gasteiger partial charge is 0.220 e. The van der Waals surface area contributed by atoms with Crippen molar-refractivity contribution in [3.63, 3.8) is 0 Å². The minimum absolute atomic E-state index is 0.189. The highest BCUT2D eigenvalue weighted by Crippen LogP contribution is 2.27. The molecule has 1 saturated carbocycles. The van der Waals surface area contributed by atoms with Gasteiger partial charge in [-0.15, -0.1) is 0 Å². The number of nitrogens with zero attached hydrogens (tertiary/aromatic N) is 1. The van der Waals surface area contributed by atoms with E-state index in [1.165, 1.54) is 0 Å². The Labute approximate surface area is 111 Å². The van der Waals surface area contributed by atoms with Crippen molar-refractivity contribution in [2.45, 2.75) is 71.8 Å². The van der Waals surface area contributed by atoms with E-state index in [9.17, 15) is 4.79 Å². The summed E-state index contributed by atoms with van der Waals surface area (Å²) >= 11 is 0. The summed E-state index contributed by atoms with van der Waals surface area (Å²) in [7, 11) is 0. The molecular formula is C15H26N2O. The van der Waals surface area contributed by atoms with Crippen molar-refractivity contribution in [2.75, 3.05) is 0 Å². The summed E-state index contributed by atoms with van der Waals surface area (Å²) in [5.74, 6) is 0.742. The molecule has 0 heterocycles. The van der Waals surface area contributed by atoms with Gasteiger partial charge in [0.25, 0.3) is 0 Å². The average molecular weight is 250 g/mol. The second-order valence-corrected chi connectivity index (χ2v) is 6.71. The van der Waals surface area contributed by atoms with E-state index in [2.05, 4.69) is 32.2 Å². The molecule has 0 aromatic rings. The summed E-state index contributed by atoms with van der Waals surface area (Å²) in [6.07, 6.45) is 6.46. The summed E-state index contributed by atoms with van der Waals surface area (Å²) in [5, 5.41) is 11.8. The maximum Gasteiger partial charge on any atom is 0.220 e. The van der Waals surface area contributed by atoms with Gasteiger partial charge in [-0.05, 0) is 43.4 Å². The molecule has 0 spiro atoms. The molecule has 0 aromatic carbocycles. The molecule has 3 heteroatoms. The Bertz CT molecular complexity index is 303. The van der Waals surface area contributed by atoms with Crippen molar-refractivity contribution in [1.29, 1.82) is 5.26 Å². The molecule has 1 aliphatic rings. The van der Waals surface area contributed by atoms with Crippen molar-refractivity contribution in [3.05, 3.63) is 0 Å². The lowest BCUT2D eigenvalue weighted by Gasteiger charge is -2.28. The zero-order valence-electron chi connectivity index (χ0n) is 12.0. The molecule has 1 amide bonds. The van der Waals surface area contributed by atoms with Crippen LogP contribution in [-0.2, 0) is 4.79 Å². The van der Waals surface area contributed by atoms with Gasteiger partial charge in [0.1, 0.15) is 0 Å². The van der Waals surface area contributed by atoms with Gasteiger partial charge in [-0.3, -0.25) is 4.79 Å². The zero-order valence-corrected chi connectivity index (χ0v) is 12.0. The molecule has 1 rings (SSSR count). The topological polar surface area (TPSA) is 52.9 Å². The van der Waals surface area contributed by atoms with E-state index in [0.717, 1.165) is 32.1 Å². The molecule has 0 atom stereocenters. The molecular weight excluding hydrogens is 224 g/mol. The zero-order chi connectivity index (χ0) is 13.6. The van der Waals surface area contributed by atoms with Crippen LogP contribution in [0.4, 0.5) is 0 Å². The SMILES string of the molecule is CC(C)(C)CCC(=O)NC1CCC(CC#N)CC1. The fourth-order valence-corrected chi connectivity index (χ4v) is 2.43. The number of hydrogen-bond acceptors (Lipinski definition) is 2. The third kappa shape index (κ3) is 6.05. The summed E-state index contributed by atoms with van der Waals surface area (Å²) in [6, 6.07) is 2.58. The highest BCUT2D eigenvalue weighted by molar-refractivity contribution is 5.76. The van der Waals surface area contributed by atoms with Crippen molar-refractivity contribution in [3.8, 4) is 6.07 Å². The maximum absolute atomic E-state index is 11.8. The molecule has 0 saturated heterocycles. The maximum atomic E-state index is 11.8. The third-order valence-corrected chi connectivity index (χ3v) is 3.69. The Balaban J connectivity index is 2.21. The highest BCUT2D eigenvalue weighted by atomic mass is 16.1. The molecule has 0 aliphatic heterocycles. The second-order valence-electron chi connectivity index (χ2n) is 6.71. The number of hydrogen-bond donors (Lipinski definition) is 1. The molecule has 0 bridgehead atoms. The molecule has 1 aliphatic carbocycles. The lowest BCUT2D eigenvalue weighted by atomic mass is 9.84. The number of carbonyl (C=O) groups excluding carboxylic acids is 1. The van der Waals surface area contributed by atoms with Gasteiger partial charge in [0.15, 0.2) is 0 Å². The standard InChI is InChI=1S/C15H26N2O/c1-15(2,3)10-8-14(18)17-13-6-4-12(5-7-13)9-11-16/h12-13H,4-10H2,1-3H3,(H,17,18). The van der Waals surface area contributed by atoms with Crippen LogP contribution in [0.3, 0.4) is 0 Å². The van der Waals surface area contributed by atoms with Gasteiger partial charge in [-0.25, -0.2) is 0 Å². The van der Waals surface area contributed by atoms with Crippen molar-refractivity contribution in [1.82, 2.24) is 5.32 Å². The number of amides is 1. The van der Waals surface area contributed by atoms with Gasteiger partial charge in [-0.2, -0.15) is 5.26 Å². The van der Waals surface area contributed by atoms with E-state index in [4.69, 9.17) is 5.26 Å². The van der Waals surface area contributed by atoms with Gasteiger partial charge >= 0.3 is 0 Å². The molecule has 3 nitrogen and oxygen atoms in total. The Morgan fingerprint density at radius 2 is 1.89 bits per heavy atom. The molecule has 18 heavy (non-hydrogen) atoms. The first-order valence-electron chi connectivity index (χ1n) is 7.07. The Hall–Kier alpha value is -1.04. The van der Waals surface area contributed by atoms with Gasteiger partial charge in [0.05, 0.1) is 6.07 Å². The van der Waals surface area contributed by atoms with Crippen LogP contribution in [0.1, 0.15) is 65.7 Å². The van der Waals surface area contributed by atoms with Gasteiger partial charge < -0.3 is 5.32 Å². The van der Waals surface area contributed by atoms with E-state index in [1.54, 1.807) is 0 Å². The molecule has 0 unspecified atom stereocenters. The quantitative estimate of drug-likeness (QED) is 0.831. The summed E-state index contributed by atoms with van der Waals surface area (Å²) in [4.78, 5) is 11.8. The van der Waals surface area contributed by atoms with Crippen LogP contribution in [0, 0.1) is 22.7 Å². The average Bonchev–Trinajstić information content (AvgIpc) is 2.29. The predicted molar refractivity (Wildman–Crippen MR) is 72.8 cm³/mol. The number of carbonyl (C=O) groups is 1. The van der Waals surface area contributed by atoms with Crippen LogP contribution in [-0.4, -0.2) is 11.9 Å². The van der Waals surface area contributed by atoms with Gasteiger partial charge in [-0.1, -0.05) is 20.8 Å². The first-order chi connectivity index (χ1) is 8.40. The van der Waals surface area contributed by atoms with E-state index in [0.29, 0.717) is 24.8 Å². The summed E-state index contributed by atoms with van der Waals surface area (Å²) in [5.41, 5.74) is 0.224. The van der Waals surface area contributed by atoms with Crippen molar-refractivity contribution in [2.24, 2.45) is 11.3 Å². The number of nitrogens with one attached hydrogen (secondary N) is 1. The molecule has 1 N–H and O–H groups in total. The Morgan fingerprint density at radius 1 is 1.28 bits per heavy atom. The minimum Gasteiger partial charge on any atom is -0.353 e. The molecule has 0 radical (unpaired) electrons. The lowest BCUT2D eigenvalue weighted by molar-refractivity contribution is -0.122. The second kappa shape index (κ2) is 6.78. The van der Waals surface area contributed by atoms with Crippen LogP contribution >= 0.6 is 0 Å². The van der Waals surface area contributed by atoms with Crippen molar-refractivity contribution < 1.29 is 4.79 Å². The highest BCUT2D eigenvalue weighted by Gasteiger charge is 2.22. The fourth-order valence-electron chi connectivity index (χ4n) is 2.43. The van der Waals surface area contributed by atoms with Gasteiger partial charge in [0.2, 0.25) is 5.91 Å². The monoisotopic (exact) mass is 250 g/mol. The van der Waals surface area contributed by atoms with Crippen LogP contribution in [0.15, 0.2) is 0 Å². The van der Waals surface area contributed by atoms with E-state index < -0.39 is 0 Å². The van der Waals surface area contributed by atoms with E-state index in [1.807, 2.05) is 0 Å². The first-order valence-corrected chi connectivity index (χ1v) is 7.07. The van der Waals surface area contributed by atoms with E-state index in [-0.39, 0.29) is 11.3 Å². The summed E-state index contributed by atoms with van der Waals surface area (Å²) < 4.78 is 0. The molecule has 102 valence electrons. The first kappa shape index (κ1) is 15.0. The molecule has 1 fully saturated rings. The normalized spacial score (nSPS) is 24.3. The fraction of sp³-hybridized carbons (Fsp3) is 0.867. The number of rotatable bonds is 4. The third-order valence-electron chi connectivity index (χ3n) is 3.69. The number of nitriles is 1. The Kier molecular flexibility index (Phi) is 5.65. The van der Waals surface area contributed by atoms with Crippen LogP contribution in [0.2, 0.25) is 0 Å². The van der Waals surface area contributed by atoms with Crippen LogP contribution in [0.25, 0.3) is 0 Å². The largest absolute Gasteiger partial charge is 0.353 e.